The third kappa shape index (κ3) is 5.73. The van der Waals surface area contributed by atoms with E-state index >= 15 is 0 Å². The van der Waals surface area contributed by atoms with E-state index < -0.39 is 10.0 Å². The molecular formula is C24H30N2O4S. The van der Waals surface area contributed by atoms with Crippen molar-refractivity contribution in [1.29, 1.82) is 0 Å². The summed E-state index contributed by atoms with van der Waals surface area (Å²) in [4.78, 5) is 15.1. The minimum absolute atomic E-state index is 0.0878. The minimum atomic E-state index is -3.75. The maximum atomic E-state index is 12.6. The number of ether oxygens (including phenoxy) is 1. The molecule has 3 rings (SSSR count). The highest BCUT2D eigenvalue weighted by molar-refractivity contribution is 7.89. The van der Waals surface area contributed by atoms with E-state index in [2.05, 4.69) is 16.9 Å². The lowest BCUT2D eigenvalue weighted by atomic mass is 10.1. The van der Waals surface area contributed by atoms with Crippen molar-refractivity contribution in [2.24, 2.45) is 5.10 Å². The summed E-state index contributed by atoms with van der Waals surface area (Å²) in [7, 11) is -3.75. The van der Waals surface area contributed by atoms with Crippen molar-refractivity contribution in [1.82, 2.24) is 4.83 Å². The van der Waals surface area contributed by atoms with Crippen LogP contribution in [0.1, 0.15) is 73.0 Å². The Morgan fingerprint density at radius 1 is 1.13 bits per heavy atom. The molecule has 1 N–H and O–H groups in total. The number of sulfonamides is 1. The maximum absolute atomic E-state index is 12.6. The number of carbonyl (C=O) groups is 1. The third-order valence-electron chi connectivity index (χ3n) is 5.53. The van der Waals surface area contributed by atoms with Crippen LogP contribution in [0.3, 0.4) is 0 Å². The molecule has 166 valence electrons. The van der Waals surface area contributed by atoms with Crippen molar-refractivity contribution in [3.05, 3.63) is 64.7 Å². The smallest absolute Gasteiger partial charge is 0.338 e. The molecule has 0 amide bonds. The number of hydrogen-bond acceptors (Lipinski definition) is 5. The first-order valence-corrected chi connectivity index (χ1v) is 12.3. The van der Waals surface area contributed by atoms with E-state index in [4.69, 9.17) is 4.74 Å². The Balaban J connectivity index is 1.76. The number of fused-ring (bicyclic) bond motifs is 1. The van der Waals surface area contributed by atoms with E-state index in [0.29, 0.717) is 17.7 Å². The van der Waals surface area contributed by atoms with Crippen LogP contribution in [-0.4, -0.2) is 26.2 Å². The second-order valence-electron chi connectivity index (χ2n) is 7.92. The second kappa shape index (κ2) is 10.1. The van der Waals surface area contributed by atoms with Gasteiger partial charge in [-0.2, -0.15) is 18.4 Å². The molecule has 0 spiro atoms. The second-order valence-corrected chi connectivity index (χ2v) is 9.58. The summed E-state index contributed by atoms with van der Waals surface area (Å²) in [5.74, 6) is -0.350. The number of nitrogens with one attached hydrogen (secondary N) is 1. The number of nitrogens with zero attached hydrogens (tertiary/aromatic N) is 1. The van der Waals surface area contributed by atoms with Gasteiger partial charge in [0, 0.05) is 5.56 Å². The molecule has 7 heteroatoms. The molecule has 6 nitrogen and oxygen atoms in total. The normalized spacial score (nSPS) is 15.5. The van der Waals surface area contributed by atoms with Crippen LogP contribution in [0, 0.1) is 6.92 Å². The van der Waals surface area contributed by atoms with Gasteiger partial charge in [-0.05, 0) is 62.4 Å². The Labute approximate surface area is 184 Å². The van der Waals surface area contributed by atoms with Crippen LogP contribution in [0.2, 0.25) is 0 Å². The van der Waals surface area contributed by atoms with Crippen LogP contribution < -0.4 is 4.83 Å². The van der Waals surface area contributed by atoms with Gasteiger partial charge in [0.2, 0.25) is 0 Å². The molecule has 1 aliphatic carbocycles. The zero-order valence-electron chi connectivity index (χ0n) is 18.3. The fourth-order valence-corrected chi connectivity index (χ4v) is 4.41. The molecule has 0 bridgehead atoms. The predicted molar refractivity (Wildman–Crippen MR) is 122 cm³/mol. The topological polar surface area (TPSA) is 84.8 Å². The molecule has 0 saturated carbocycles. The fourth-order valence-electron chi connectivity index (χ4n) is 3.58. The molecule has 0 radical (unpaired) electrons. The Morgan fingerprint density at radius 3 is 2.55 bits per heavy atom. The SMILES string of the molecule is CCCCC(CC)OC(=O)c1ccc2c(c1)/C(=N\NS(=O)(=O)c1ccc(C)cc1)CC2. The highest BCUT2D eigenvalue weighted by Gasteiger charge is 2.22. The summed E-state index contributed by atoms with van der Waals surface area (Å²) in [5, 5.41) is 4.18. The van der Waals surface area contributed by atoms with Crippen molar-refractivity contribution in [3.63, 3.8) is 0 Å². The average Bonchev–Trinajstić information content (AvgIpc) is 3.17. The molecule has 0 fully saturated rings. The van der Waals surface area contributed by atoms with Crippen LogP contribution >= 0.6 is 0 Å². The van der Waals surface area contributed by atoms with Gasteiger partial charge < -0.3 is 4.74 Å². The molecule has 0 heterocycles. The fraction of sp³-hybridized carbons (Fsp3) is 0.417. The lowest BCUT2D eigenvalue weighted by molar-refractivity contribution is 0.0268. The molecule has 1 atom stereocenters. The van der Waals surface area contributed by atoms with Gasteiger partial charge in [-0.25, -0.2) is 4.79 Å². The zero-order valence-corrected chi connectivity index (χ0v) is 19.2. The Morgan fingerprint density at radius 2 is 1.87 bits per heavy atom. The van der Waals surface area contributed by atoms with E-state index in [0.717, 1.165) is 48.8 Å². The van der Waals surface area contributed by atoms with Gasteiger partial charge in [0.1, 0.15) is 6.10 Å². The number of benzene rings is 2. The highest BCUT2D eigenvalue weighted by Crippen LogP contribution is 2.25. The van der Waals surface area contributed by atoms with Crippen LogP contribution in [0.15, 0.2) is 52.5 Å². The third-order valence-corrected chi connectivity index (χ3v) is 6.75. The maximum Gasteiger partial charge on any atom is 0.338 e. The van der Waals surface area contributed by atoms with Crippen molar-refractivity contribution in [2.45, 2.75) is 70.3 Å². The molecule has 31 heavy (non-hydrogen) atoms. The average molecular weight is 443 g/mol. The minimum Gasteiger partial charge on any atom is -0.459 e. The summed E-state index contributed by atoms with van der Waals surface area (Å²) < 4.78 is 30.7. The number of hydrazone groups is 1. The predicted octanol–water partition coefficient (Wildman–Crippen LogP) is 4.75. The van der Waals surface area contributed by atoms with Crippen molar-refractivity contribution in [2.75, 3.05) is 0 Å². The Kier molecular flexibility index (Phi) is 7.49. The van der Waals surface area contributed by atoms with Gasteiger partial charge >= 0.3 is 5.97 Å². The van der Waals surface area contributed by atoms with Gasteiger partial charge in [-0.15, -0.1) is 0 Å². The van der Waals surface area contributed by atoms with Gasteiger partial charge in [0.25, 0.3) is 10.0 Å². The largest absolute Gasteiger partial charge is 0.459 e. The standard InChI is InChI=1S/C24H30N2O4S/c1-4-6-7-20(5-2)30-24(27)19-11-10-18-12-15-23(22(18)16-19)25-26-31(28,29)21-13-8-17(3)9-14-21/h8-11,13-14,16,20,26H,4-7,12,15H2,1-3H3/b25-23-. The molecule has 0 aliphatic heterocycles. The number of carbonyl (C=O) groups excluding carboxylic acids is 1. The number of unbranched alkanes of at least 4 members (excludes halogenated alkanes) is 1. The molecule has 1 unspecified atom stereocenters. The van der Waals surface area contributed by atoms with E-state index in [9.17, 15) is 13.2 Å². The lowest BCUT2D eigenvalue weighted by Crippen LogP contribution is -2.20. The van der Waals surface area contributed by atoms with E-state index in [1.54, 1.807) is 36.4 Å². The molecule has 0 saturated heterocycles. The molecule has 2 aromatic rings. The number of aryl methyl sites for hydroxylation is 2. The van der Waals surface area contributed by atoms with E-state index in [1.165, 1.54) is 0 Å². The van der Waals surface area contributed by atoms with Crippen LogP contribution in [0.25, 0.3) is 0 Å². The van der Waals surface area contributed by atoms with Gasteiger partial charge in [0.05, 0.1) is 16.2 Å². The van der Waals surface area contributed by atoms with Crippen LogP contribution in [-0.2, 0) is 21.2 Å². The zero-order chi connectivity index (χ0) is 22.4. The van der Waals surface area contributed by atoms with E-state index in [1.807, 2.05) is 19.9 Å². The number of hydrogen-bond donors (Lipinski definition) is 1. The summed E-state index contributed by atoms with van der Waals surface area (Å²) in [6, 6.07) is 12.0. The lowest BCUT2D eigenvalue weighted by Gasteiger charge is -2.16. The van der Waals surface area contributed by atoms with Crippen LogP contribution in [0.5, 0.6) is 0 Å². The number of esters is 1. The molecular weight excluding hydrogens is 412 g/mol. The molecule has 1 aliphatic rings. The first-order chi connectivity index (χ1) is 14.8. The summed E-state index contributed by atoms with van der Waals surface area (Å²) in [5.41, 5.74) is 3.91. The summed E-state index contributed by atoms with van der Waals surface area (Å²) in [6.07, 6.45) is 5.00. The van der Waals surface area contributed by atoms with E-state index in [-0.39, 0.29) is 17.0 Å². The van der Waals surface area contributed by atoms with Gasteiger partial charge in [-0.1, -0.05) is 50.5 Å². The van der Waals surface area contributed by atoms with Gasteiger partial charge in [0.15, 0.2) is 0 Å². The Hall–Kier alpha value is -2.67. The summed E-state index contributed by atoms with van der Waals surface area (Å²) in [6.45, 7) is 6.03. The first-order valence-electron chi connectivity index (χ1n) is 10.8. The monoisotopic (exact) mass is 442 g/mol. The number of rotatable bonds is 9. The highest BCUT2D eigenvalue weighted by atomic mass is 32.2. The molecule has 0 aromatic heterocycles. The van der Waals surface area contributed by atoms with Crippen molar-refractivity contribution < 1.29 is 17.9 Å². The van der Waals surface area contributed by atoms with Crippen LogP contribution in [0.4, 0.5) is 0 Å². The molecule has 2 aromatic carbocycles. The Bertz CT molecular complexity index is 1060. The first kappa shape index (κ1) is 23.0. The summed E-state index contributed by atoms with van der Waals surface area (Å²) >= 11 is 0. The van der Waals surface area contributed by atoms with Crippen molar-refractivity contribution in [3.8, 4) is 0 Å². The van der Waals surface area contributed by atoms with Crippen molar-refractivity contribution >= 4 is 21.7 Å². The van der Waals surface area contributed by atoms with Gasteiger partial charge in [-0.3, -0.25) is 0 Å². The quantitative estimate of drug-likeness (QED) is 0.449.